The molecule has 29 heavy (non-hydrogen) atoms. The number of amides is 4. The van der Waals surface area contributed by atoms with Crippen LogP contribution < -0.4 is 19.7 Å². The number of rotatable bonds is 5. The summed E-state index contributed by atoms with van der Waals surface area (Å²) in [4.78, 5) is 38.4. The van der Waals surface area contributed by atoms with Crippen molar-refractivity contribution in [3.05, 3.63) is 57.0 Å². The van der Waals surface area contributed by atoms with Crippen molar-refractivity contribution < 1.29 is 23.9 Å². The number of halogens is 2. The molecule has 4 amide bonds. The first-order valence-corrected chi connectivity index (χ1v) is 9.70. The monoisotopic (exact) mass is 478 g/mol. The van der Waals surface area contributed by atoms with Gasteiger partial charge in [0, 0.05) is 4.47 Å². The van der Waals surface area contributed by atoms with E-state index in [0.717, 1.165) is 9.37 Å². The largest absolute Gasteiger partial charge is 0.491 e. The molecule has 0 radical (unpaired) electrons. The van der Waals surface area contributed by atoms with Gasteiger partial charge in [-0.3, -0.25) is 14.9 Å². The molecule has 1 aliphatic heterocycles. The van der Waals surface area contributed by atoms with Crippen LogP contribution in [0.3, 0.4) is 0 Å². The van der Waals surface area contributed by atoms with Gasteiger partial charge in [0.2, 0.25) is 0 Å². The predicted octanol–water partition coefficient (Wildman–Crippen LogP) is 4.18. The molecule has 0 bridgehead atoms. The molecule has 0 aliphatic carbocycles. The van der Waals surface area contributed by atoms with Crippen LogP contribution in [0.5, 0.6) is 11.5 Å². The summed E-state index contributed by atoms with van der Waals surface area (Å²) >= 11 is 9.53. The Labute approximate surface area is 180 Å². The number of benzene rings is 2. The summed E-state index contributed by atoms with van der Waals surface area (Å²) in [7, 11) is 1.46. The van der Waals surface area contributed by atoms with E-state index in [1.165, 1.54) is 19.3 Å². The third-order valence-electron chi connectivity index (χ3n) is 4.03. The van der Waals surface area contributed by atoms with Crippen molar-refractivity contribution in [2.75, 3.05) is 18.6 Å². The maximum absolute atomic E-state index is 12.9. The highest BCUT2D eigenvalue weighted by molar-refractivity contribution is 9.10. The minimum atomic E-state index is -0.817. The number of carbonyl (C=O) groups is 3. The number of imide groups is 2. The molecule has 0 spiro atoms. The lowest BCUT2D eigenvalue weighted by molar-refractivity contribution is -0.122. The topological polar surface area (TPSA) is 84.9 Å². The van der Waals surface area contributed by atoms with Gasteiger partial charge in [0.05, 0.1) is 24.4 Å². The van der Waals surface area contributed by atoms with Crippen LogP contribution in [0.2, 0.25) is 5.02 Å². The Morgan fingerprint density at radius 3 is 2.48 bits per heavy atom. The first-order chi connectivity index (χ1) is 13.8. The van der Waals surface area contributed by atoms with Gasteiger partial charge in [-0.2, -0.15) is 0 Å². The number of hydrogen-bond donors (Lipinski definition) is 1. The van der Waals surface area contributed by atoms with Crippen LogP contribution in [0.15, 0.2) is 46.4 Å². The van der Waals surface area contributed by atoms with Crippen LogP contribution in [0, 0.1) is 0 Å². The number of carbonyl (C=O) groups excluding carboxylic acids is 3. The molecule has 150 valence electrons. The summed E-state index contributed by atoms with van der Waals surface area (Å²) < 4.78 is 11.5. The molecular weight excluding hydrogens is 464 g/mol. The Bertz CT molecular complexity index is 1020. The van der Waals surface area contributed by atoms with Crippen molar-refractivity contribution in [2.45, 2.75) is 6.92 Å². The molecule has 1 heterocycles. The molecule has 9 heteroatoms. The highest BCUT2D eigenvalue weighted by Gasteiger charge is 2.36. The summed E-state index contributed by atoms with van der Waals surface area (Å²) in [5, 5.41) is 2.44. The third-order valence-corrected chi connectivity index (χ3v) is 4.84. The zero-order chi connectivity index (χ0) is 21.1. The molecule has 3 rings (SSSR count). The summed E-state index contributed by atoms with van der Waals surface area (Å²) in [5.74, 6) is -0.815. The second-order valence-electron chi connectivity index (χ2n) is 5.90. The van der Waals surface area contributed by atoms with Crippen LogP contribution in [-0.4, -0.2) is 31.6 Å². The molecule has 1 N–H and O–H groups in total. The fourth-order valence-electron chi connectivity index (χ4n) is 2.78. The van der Waals surface area contributed by atoms with Gasteiger partial charge < -0.3 is 9.47 Å². The normalized spacial score (nSPS) is 15.5. The first kappa shape index (κ1) is 20.9. The van der Waals surface area contributed by atoms with E-state index in [0.29, 0.717) is 29.4 Å². The fraction of sp³-hybridized carbons (Fsp3) is 0.150. The SMILES string of the molecule is CCOc1cc(/C=C2\C(=O)NC(=O)N(c3ccc(Br)cc3)C2=O)cc(Cl)c1OC. The van der Waals surface area contributed by atoms with Gasteiger partial charge in [0.25, 0.3) is 11.8 Å². The Morgan fingerprint density at radius 1 is 1.17 bits per heavy atom. The van der Waals surface area contributed by atoms with Gasteiger partial charge in [-0.05, 0) is 55.0 Å². The lowest BCUT2D eigenvalue weighted by Crippen LogP contribution is -2.54. The van der Waals surface area contributed by atoms with Crippen molar-refractivity contribution in [1.82, 2.24) is 5.32 Å². The average Bonchev–Trinajstić information content (AvgIpc) is 2.67. The van der Waals surface area contributed by atoms with E-state index in [2.05, 4.69) is 21.2 Å². The maximum atomic E-state index is 12.9. The predicted molar refractivity (Wildman–Crippen MR) is 112 cm³/mol. The molecule has 1 fully saturated rings. The second-order valence-corrected chi connectivity index (χ2v) is 7.22. The molecule has 0 atom stereocenters. The van der Waals surface area contributed by atoms with Crippen molar-refractivity contribution in [2.24, 2.45) is 0 Å². The molecule has 7 nitrogen and oxygen atoms in total. The zero-order valence-corrected chi connectivity index (χ0v) is 17.8. The van der Waals surface area contributed by atoms with Gasteiger partial charge in [-0.1, -0.05) is 27.5 Å². The van der Waals surface area contributed by atoms with Gasteiger partial charge in [0.1, 0.15) is 5.57 Å². The van der Waals surface area contributed by atoms with Crippen LogP contribution in [-0.2, 0) is 9.59 Å². The standard InChI is InChI=1S/C20H16BrClN2O5/c1-3-29-16-10-11(9-15(22)17(16)28-2)8-14-18(25)23-20(27)24(19(14)26)13-6-4-12(21)5-7-13/h4-10H,3H2,1-2H3,(H,23,25,27)/b14-8+. The second kappa shape index (κ2) is 8.67. The maximum Gasteiger partial charge on any atom is 0.335 e. The van der Waals surface area contributed by atoms with Gasteiger partial charge in [-0.15, -0.1) is 0 Å². The van der Waals surface area contributed by atoms with E-state index in [-0.39, 0.29) is 10.6 Å². The van der Waals surface area contributed by atoms with Crippen molar-refractivity contribution >= 4 is 57.1 Å². The quantitative estimate of drug-likeness (QED) is 0.514. The minimum Gasteiger partial charge on any atom is -0.491 e. The molecule has 1 saturated heterocycles. The molecule has 2 aromatic carbocycles. The van der Waals surface area contributed by atoms with Crippen LogP contribution in [0.4, 0.5) is 10.5 Å². The van der Waals surface area contributed by atoms with E-state index >= 15 is 0 Å². The van der Waals surface area contributed by atoms with Crippen molar-refractivity contribution in [3.8, 4) is 11.5 Å². The van der Waals surface area contributed by atoms with E-state index in [1.807, 2.05) is 0 Å². The van der Waals surface area contributed by atoms with Gasteiger partial charge in [0.15, 0.2) is 11.5 Å². The Hall–Kier alpha value is -2.84. The zero-order valence-electron chi connectivity index (χ0n) is 15.5. The van der Waals surface area contributed by atoms with E-state index in [9.17, 15) is 14.4 Å². The molecule has 1 aliphatic rings. The van der Waals surface area contributed by atoms with Crippen molar-refractivity contribution in [1.29, 1.82) is 0 Å². The Kier molecular flexibility index (Phi) is 6.24. The summed E-state index contributed by atoms with van der Waals surface area (Å²) in [6.07, 6.45) is 1.35. The highest BCUT2D eigenvalue weighted by atomic mass is 79.9. The summed E-state index contributed by atoms with van der Waals surface area (Å²) in [5.41, 5.74) is 0.566. The first-order valence-electron chi connectivity index (χ1n) is 8.53. The van der Waals surface area contributed by atoms with Gasteiger partial charge in [-0.25, -0.2) is 9.69 Å². The average molecular weight is 480 g/mol. The third kappa shape index (κ3) is 4.28. The number of ether oxygens (including phenoxy) is 2. The lowest BCUT2D eigenvalue weighted by atomic mass is 10.1. The number of nitrogens with one attached hydrogen (secondary N) is 1. The van der Waals surface area contributed by atoms with Crippen LogP contribution >= 0.6 is 27.5 Å². The number of barbiturate groups is 1. The van der Waals surface area contributed by atoms with E-state index < -0.39 is 17.8 Å². The molecular formula is C20H16BrClN2O5. The molecule has 0 unspecified atom stereocenters. The number of nitrogens with zero attached hydrogens (tertiary/aromatic N) is 1. The Morgan fingerprint density at radius 2 is 1.86 bits per heavy atom. The van der Waals surface area contributed by atoms with Crippen LogP contribution in [0.1, 0.15) is 12.5 Å². The molecule has 0 saturated carbocycles. The lowest BCUT2D eigenvalue weighted by Gasteiger charge is -2.26. The smallest absolute Gasteiger partial charge is 0.335 e. The van der Waals surface area contributed by atoms with E-state index in [4.69, 9.17) is 21.1 Å². The minimum absolute atomic E-state index is 0.212. The number of hydrogen-bond acceptors (Lipinski definition) is 5. The summed E-state index contributed by atoms with van der Waals surface area (Å²) in [6, 6.07) is 8.88. The van der Waals surface area contributed by atoms with E-state index in [1.54, 1.807) is 37.3 Å². The number of anilines is 1. The van der Waals surface area contributed by atoms with Crippen molar-refractivity contribution in [3.63, 3.8) is 0 Å². The number of urea groups is 1. The fourth-order valence-corrected chi connectivity index (χ4v) is 3.34. The summed E-state index contributed by atoms with van der Waals surface area (Å²) in [6.45, 7) is 2.18. The van der Waals surface area contributed by atoms with Gasteiger partial charge >= 0.3 is 6.03 Å². The number of methoxy groups -OCH3 is 1. The molecule has 0 aromatic heterocycles. The highest BCUT2D eigenvalue weighted by Crippen LogP contribution is 2.37. The Balaban J connectivity index is 2.03. The molecule has 2 aromatic rings. The van der Waals surface area contributed by atoms with Crippen LogP contribution in [0.25, 0.3) is 6.08 Å².